The molecular formula is C21H21N3O6. The Labute approximate surface area is 173 Å². The average molecular weight is 411 g/mol. The van der Waals surface area contributed by atoms with E-state index >= 15 is 0 Å². The van der Waals surface area contributed by atoms with Gasteiger partial charge in [-0.25, -0.2) is 9.59 Å². The molecule has 0 fully saturated rings. The van der Waals surface area contributed by atoms with E-state index < -0.39 is 17.8 Å². The van der Waals surface area contributed by atoms with Crippen LogP contribution in [0.4, 0.5) is 11.4 Å². The number of ether oxygens (including phenoxy) is 2. The van der Waals surface area contributed by atoms with Crippen molar-refractivity contribution in [1.82, 2.24) is 0 Å². The molecule has 0 aromatic heterocycles. The van der Waals surface area contributed by atoms with E-state index in [2.05, 4.69) is 20.3 Å². The van der Waals surface area contributed by atoms with Gasteiger partial charge in [0.15, 0.2) is 5.70 Å². The topological polar surface area (TPSA) is 127 Å². The van der Waals surface area contributed by atoms with E-state index in [1.54, 1.807) is 12.1 Å². The Morgan fingerprint density at radius 1 is 0.967 bits per heavy atom. The maximum Gasteiger partial charge on any atom is 0.340 e. The lowest BCUT2D eigenvalue weighted by atomic mass is 10.1. The summed E-state index contributed by atoms with van der Waals surface area (Å²) in [6.07, 6.45) is 0. The normalized spacial score (nSPS) is 11.6. The molecule has 156 valence electrons. The third-order valence-electron chi connectivity index (χ3n) is 3.95. The third-order valence-corrected chi connectivity index (χ3v) is 3.95. The molecule has 30 heavy (non-hydrogen) atoms. The zero-order valence-electron chi connectivity index (χ0n) is 16.9. The highest BCUT2D eigenvalue weighted by Gasteiger charge is 2.17. The molecule has 0 spiro atoms. The number of esters is 2. The predicted molar refractivity (Wildman–Crippen MR) is 109 cm³/mol. The van der Waals surface area contributed by atoms with Gasteiger partial charge in [-0.15, -0.1) is 10.2 Å². The molecule has 2 aromatic carbocycles. The van der Waals surface area contributed by atoms with Gasteiger partial charge in [0, 0.05) is 5.69 Å². The molecule has 0 bridgehead atoms. The number of azo groups is 1. The molecule has 2 N–H and O–H groups in total. The summed E-state index contributed by atoms with van der Waals surface area (Å²) in [6.45, 7) is 3.18. The quantitative estimate of drug-likeness (QED) is 0.319. The van der Waals surface area contributed by atoms with Gasteiger partial charge in [-0.3, -0.25) is 4.79 Å². The first-order valence-electron chi connectivity index (χ1n) is 8.77. The molecule has 0 saturated carbocycles. The van der Waals surface area contributed by atoms with Gasteiger partial charge < -0.3 is 19.9 Å². The van der Waals surface area contributed by atoms with Gasteiger partial charge in [-0.1, -0.05) is 17.7 Å². The summed E-state index contributed by atoms with van der Waals surface area (Å²) in [6, 6.07) is 11.0. The number of hydrogen-bond donors (Lipinski definition) is 2. The van der Waals surface area contributed by atoms with Crippen LogP contribution in [0.15, 0.2) is 64.1 Å². The number of aliphatic hydroxyl groups excluding tert-OH is 1. The lowest BCUT2D eigenvalue weighted by Gasteiger charge is -2.07. The second-order valence-corrected chi connectivity index (χ2v) is 6.17. The van der Waals surface area contributed by atoms with Gasteiger partial charge in [0.2, 0.25) is 0 Å². The molecule has 0 unspecified atom stereocenters. The highest BCUT2D eigenvalue weighted by Crippen LogP contribution is 2.24. The molecule has 0 aliphatic heterocycles. The Morgan fingerprint density at radius 2 is 1.60 bits per heavy atom. The summed E-state index contributed by atoms with van der Waals surface area (Å²) in [4.78, 5) is 36.3. The van der Waals surface area contributed by atoms with Crippen molar-refractivity contribution in [3.63, 3.8) is 0 Å². The summed E-state index contributed by atoms with van der Waals surface area (Å²) in [5, 5.41) is 20.2. The summed E-state index contributed by atoms with van der Waals surface area (Å²) in [7, 11) is 2.40. The zero-order chi connectivity index (χ0) is 22.3. The molecule has 0 atom stereocenters. The van der Waals surface area contributed by atoms with Crippen LogP contribution in [-0.2, 0) is 14.3 Å². The molecule has 1 amide bonds. The van der Waals surface area contributed by atoms with Crippen molar-refractivity contribution >= 4 is 29.2 Å². The highest BCUT2D eigenvalue weighted by molar-refractivity contribution is 6.03. The first-order chi connectivity index (χ1) is 14.3. The van der Waals surface area contributed by atoms with Crippen molar-refractivity contribution in [2.45, 2.75) is 13.8 Å². The van der Waals surface area contributed by atoms with Gasteiger partial charge in [0.05, 0.1) is 25.3 Å². The number of amides is 1. The molecule has 0 saturated heterocycles. The fourth-order valence-electron chi connectivity index (χ4n) is 2.35. The number of hydrogen-bond acceptors (Lipinski definition) is 8. The summed E-state index contributed by atoms with van der Waals surface area (Å²) in [5.41, 5.74) is 1.25. The number of allylic oxidation sites excluding steroid dienone is 1. The summed E-state index contributed by atoms with van der Waals surface area (Å²) < 4.78 is 9.35. The van der Waals surface area contributed by atoms with Gasteiger partial charge >= 0.3 is 11.9 Å². The number of carbonyl (C=O) groups excluding carboxylic acids is 3. The minimum atomic E-state index is -0.712. The van der Waals surface area contributed by atoms with E-state index in [0.717, 1.165) is 5.56 Å². The SMILES string of the molecule is COC(=O)c1ccc(C(=O)OC)c(N=NC(C(=O)Nc2ccc(C)cc2)=C(C)O)c1. The first kappa shape index (κ1) is 22.3. The zero-order valence-corrected chi connectivity index (χ0v) is 16.9. The summed E-state index contributed by atoms with van der Waals surface area (Å²) in [5.74, 6) is -2.44. The van der Waals surface area contributed by atoms with E-state index in [-0.39, 0.29) is 28.3 Å². The fraction of sp³-hybridized carbons (Fsp3) is 0.190. The molecule has 9 heteroatoms. The third kappa shape index (κ3) is 5.51. The molecule has 0 aliphatic carbocycles. The lowest BCUT2D eigenvalue weighted by molar-refractivity contribution is -0.113. The largest absolute Gasteiger partial charge is 0.510 e. The Balaban J connectivity index is 2.38. The number of anilines is 1. The van der Waals surface area contributed by atoms with Crippen molar-refractivity contribution in [3.05, 3.63) is 70.6 Å². The summed E-state index contributed by atoms with van der Waals surface area (Å²) >= 11 is 0. The van der Waals surface area contributed by atoms with Crippen LogP contribution in [0, 0.1) is 6.92 Å². The van der Waals surface area contributed by atoms with Crippen LogP contribution in [-0.4, -0.2) is 37.2 Å². The Morgan fingerprint density at radius 3 is 2.17 bits per heavy atom. The van der Waals surface area contributed by atoms with Crippen molar-refractivity contribution < 1.29 is 29.0 Å². The van der Waals surface area contributed by atoms with Crippen molar-refractivity contribution in [1.29, 1.82) is 0 Å². The number of carbonyl (C=O) groups is 3. The van der Waals surface area contributed by atoms with Gasteiger partial charge in [0.1, 0.15) is 11.4 Å². The van der Waals surface area contributed by atoms with Crippen molar-refractivity contribution in [3.8, 4) is 0 Å². The molecule has 2 rings (SSSR count). The second-order valence-electron chi connectivity index (χ2n) is 6.17. The lowest BCUT2D eigenvalue weighted by Crippen LogP contribution is -2.14. The minimum absolute atomic E-state index is 0.0165. The number of nitrogens with zero attached hydrogens (tertiary/aromatic N) is 2. The van der Waals surface area contributed by atoms with Crippen molar-refractivity contribution in [2.24, 2.45) is 10.2 Å². The van der Waals surface area contributed by atoms with E-state index in [0.29, 0.717) is 5.69 Å². The van der Waals surface area contributed by atoms with Crippen LogP contribution in [0.2, 0.25) is 0 Å². The van der Waals surface area contributed by atoms with Crippen LogP contribution in [0.3, 0.4) is 0 Å². The second kappa shape index (κ2) is 9.97. The number of benzene rings is 2. The Bertz CT molecular complexity index is 1020. The Hall–Kier alpha value is -4.01. The van der Waals surface area contributed by atoms with Gasteiger partial charge in [-0.05, 0) is 44.2 Å². The highest BCUT2D eigenvalue weighted by atomic mass is 16.5. The standard InChI is InChI=1S/C21H21N3O6/c1-12-5-8-15(9-6-12)22-19(26)18(13(2)25)24-23-17-11-14(20(27)29-3)7-10-16(17)21(28)30-4/h5-11,25H,1-4H3,(H,22,26). The van der Waals surface area contributed by atoms with E-state index in [9.17, 15) is 19.5 Å². The van der Waals surface area contributed by atoms with Crippen LogP contribution < -0.4 is 5.32 Å². The van der Waals surface area contributed by atoms with E-state index in [1.165, 1.54) is 39.3 Å². The number of rotatable bonds is 6. The van der Waals surface area contributed by atoms with Crippen LogP contribution >= 0.6 is 0 Å². The molecule has 0 radical (unpaired) electrons. The van der Waals surface area contributed by atoms with Crippen LogP contribution in [0.5, 0.6) is 0 Å². The van der Waals surface area contributed by atoms with Gasteiger partial charge in [0.25, 0.3) is 5.91 Å². The monoisotopic (exact) mass is 411 g/mol. The molecular weight excluding hydrogens is 390 g/mol. The molecule has 2 aromatic rings. The van der Waals surface area contributed by atoms with Gasteiger partial charge in [-0.2, -0.15) is 0 Å². The molecule has 0 aliphatic rings. The minimum Gasteiger partial charge on any atom is -0.510 e. The molecule has 9 nitrogen and oxygen atoms in total. The number of nitrogens with one attached hydrogen (secondary N) is 1. The first-order valence-corrected chi connectivity index (χ1v) is 8.77. The fourth-order valence-corrected chi connectivity index (χ4v) is 2.35. The number of aryl methyl sites for hydroxylation is 1. The Kier molecular flexibility index (Phi) is 7.40. The predicted octanol–water partition coefficient (Wildman–Crippen LogP) is 4.08. The maximum absolute atomic E-state index is 12.5. The number of aliphatic hydroxyl groups is 1. The van der Waals surface area contributed by atoms with E-state index in [4.69, 9.17) is 4.74 Å². The van der Waals surface area contributed by atoms with Crippen molar-refractivity contribution in [2.75, 3.05) is 19.5 Å². The van der Waals surface area contributed by atoms with Crippen LogP contribution in [0.25, 0.3) is 0 Å². The average Bonchev–Trinajstić information content (AvgIpc) is 2.74. The smallest absolute Gasteiger partial charge is 0.340 e. The number of methoxy groups -OCH3 is 2. The van der Waals surface area contributed by atoms with E-state index in [1.807, 2.05) is 19.1 Å². The van der Waals surface area contributed by atoms with Crippen LogP contribution in [0.1, 0.15) is 33.2 Å². The maximum atomic E-state index is 12.5. The molecule has 0 heterocycles.